The quantitative estimate of drug-likeness (QED) is 0.582. The topological polar surface area (TPSA) is 35.0 Å². The molecule has 1 radical (unpaired) electrons. The van der Waals surface area contributed by atoms with Crippen LogP contribution in [0.3, 0.4) is 0 Å². The zero-order valence-corrected chi connectivity index (χ0v) is 5.23. The molecule has 3 nitrogen and oxygen atoms in total. The lowest BCUT2D eigenvalue weighted by Crippen LogP contribution is -1.84. The lowest BCUT2D eigenvalue weighted by atomic mass is 10.8. The Balaban J connectivity index is 2.50. The molecule has 0 N–H and O–H groups in total. The van der Waals surface area contributed by atoms with Crippen LogP contribution in [0.2, 0.25) is 0 Å². The van der Waals surface area contributed by atoms with Crippen molar-refractivity contribution in [3.8, 4) is 0 Å². The fraction of sp³-hybridized carbons (Fsp3) is 0.500. The number of hydrogen-bond acceptors (Lipinski definition) is 4. The summed E-state index contributed by atoms with van der Waals surface area (Å²) in [6, 6.07) is 0. The molecule has 43 valence electrons. The first-order valence-electron chi connectivity index (χ1n) is 2.11. The molecule has 0 amide bonds. The molecule has 0 aromatic carbocycles. The van der Waals surface area contributed by atoms with Gasteiger partial charge in [0.15, 0.2) is 5.51 Å². The Kier molecular flexibility index (Phi) is 1.93. The van der Waals surface area contributed by atoms with Gasteiger partial charge in [-0.25, -0.2) is 0 Å². The van der Waals surface area contributed by atoms with Gasteiger partial charge >= 0.3 is 0 Å². The van der Waals surface area contributed by atoms with E-state index in [9.17, 15) is 0 Å². The van der Waals surface area contributed by atoms with E-state index in [0.29, 0.717) is 6.61 Å². The molecule has 0 spiro atoms. The molecule has 1 rings (SSSR count). The number of nitrogens with zero attached hydrogens (tertiary/aromatic N) is 2. The summed E-state index contributed by atoms with van der Waals surface area (Å²) in [5.41, 5.74) is 2.62. The summed E-state index contributed by atoms with van der Waals surface area (Å²) < 4.78 is 4.77. The first-order valence-corrected chi connectivity index (χ1v) is 2.92. The van der Waals surface area contributed by atoms with Gasteiger partial charge in [-0.2, -0.15) is 0 Å². The van der Waals surface area contributed by atoms with Crippen LogP contribution in [0.4, 0.5) is 0 Å². The van der Waals surface area contributed by atoms with Crippen LogP contribution in [-0.4, -0.2) is 17.3 Å². The molecule has 0 saturated carbocycles. The summed E-state index contributed by atoms with van der Waals surface area (Å²) in [4.78, 5) is 0. The third kappa shape index (κ3) is 1.24. The van der Waals surface area contributed by atoms with Crippen molar-refractivity contribution in [1.29, 1.82) is 0 Å². The van der Waals surface area contributed by atoms with Gasteiger partial charge in [0, 0.05) is 7.11 Å². The van der Waals surface area contributed by atoms with E-state index in [1.165, 1.54) is 11.3 Å². The number of methoxy groups -OCH3 is 1. The highest BCUT2D eigenvalue weighted by Crippen LogP contribution is 1.99. The number of hydrogen-bond donors (Lipinski definition) is 0. The second kappa shape index (κ2) is 2.74. The maximum Gasteiger partial charge on any atom is 0.178 e. The minimum atomic E-state index is 0.543. The van der Waals surface area contributed by atoms with Crippen LogP contribution in [0.1, 0.15) is 5.01 Å². The summed E-state index contributed by atoms with van der Waals surface area (Å²) in [6.07, 6.45) is 0. The van der Waals surface area contributed by atoms with E-state index in [4.69, 9.17) is 4.74 Å². The highest BCUT2D eigenvalue weighted by atomic mass is 32.1. The standard InChI is InChI=1S/C4H5N2OS/c1-7-2-4-6-5-3-8-4/h2H2,1H3. The summed E-state index contributed by atoms with van der Waals surface area (Å²) in [5, 5.41) is 8.07. The van der Waals surface area contributed by atoms with Crippen LogP contribution in [-0.2, 0) is 11.3 Å². The first kappa shape index (κ1) is 5.65. The van der Waals surface area contributed by atoms with Crippen molar-refractivity contribution >= 4 is 11.3 Å². The van der Waals surface area contributed by atoms with E-state index in [1.54, 1.807) is 7.11 Å². The van der Waals surface area contributed by atoms with Gasteiger partial charge in [0.05, 0.1) is 6.61 Å². The normalized spacial score (nSPS) is 9.62. The Morgan fingerprint density at radius 2 is 2.75 bits per heavy atom. The minimum Gasteiger partial charge on any atom is -0.377 e. The molecule has 0 bridgehead atoms. The maximum absolute atomic E-state index is 4.77. The van der Waals surface area contributed by atoms with Crippen molar-refractivity contribution in [3.63, 3.8) is 0 Å². The van der Waals surface area contributed by atoms with Gasteiger partial charge in [-0.3, -0.25) is 0 Å². The van der Waals surface area contributed by atoms with E-state index in [2.05, 4.69) is 15.7 Å². The molecule has 1 aromatic rings. The molecule has 4 heteroatoms. The molecule has 8 heavy (non-hydrogen) atoms. The predicted octanol–water partition coefficient (Wildman–Crippen LogP) is 0.485. The molecule has 0 atom stereocenters. The minimum absolute atomic E-state index is 0.543. The lowest BCUT2D eigenvalue weighted by molar-refractivity contribution is 0.184. The van der Waals surface area contributed by atoms with E-state index < -0.39 is 0 Å². The van der Waals surface area contributed by atoms with Crippen molar-refractivity contribution in [1.82, 2.24) is 10.2 Å². The molecule has 0 aliphatic heterocycles. The smallest absolute Gasteiger partial charge is 0.178 e. The van der Waals surface area contributed by atoms with E-state index in [0.717, 1.165) is 5.01 Å². The van der Waals surface area contributed by atoms with Crippen LogP contribution in [0.15, 0.2) is 0 Å². The van der Waals surface area contributed by atoms with Crippen molar-refractivity contribution in [3.05, 3.63) is 10.5 Å². The van der Waals surface area contributed by atoms with Crippen molar-refractivity contribution in [2.75, 3.05) is 7.11 Å². The third-order valence-corrected chi connectivity index (χ3v) is 1.24. The van der Waals surface area contributed by atoms with Crippen molar-refractivity contribution < 1.29 is 4.74 Å². The maximum atomic E-state index is 4.77. The predicted molar refractivity (Wildman–Crippen MR) is 29.5 cm³/mol. The molecular weight excluding hydrogens is 124 g/mol. The third-order valence-electron chi connectivity index (χ3n) is 0.634. The van der Waals surface area contributed by atoms with Crippen molar-refractivity contribution in [2.45, 2.75) is 6.61 Å². The van der Waals surface area contributed by atoms with Gasteiger partial charge in [-0.15, -0.1) is 10.2 Å². The van der Waals surface area contributed by atoms with Gasteiger partial charge in [-0.1, -0.05) is 11.3 Å². The summed E-state index contributed by atoms with van der Waals surface area (Å²) in [5.74, 6) is 0. The molecule has 0 unspecified atom stereocenters. The van der Waals surface area contributed by atoms with Gasteiger partial charge < -0.3 is 4.74 Å². The van der Waals surface area contributed by atoms with Gasteiger partial charge in [0.2, 0.25) is 0 Å². The number of aromatic nitrogens is 2. The average molecular weight is 129 g/mol. The Morgan fingerprint density at radius 3 is 3.25 bits per heavy atom. The van der Waals surface area contributed by atoms with Gasteiger partial charge in [0.25, 0.3) is 0 Å². The van der Waals surface area contributed by atoms with Crippen LogP contribution in [0, 0.1) is 5.51 Å². The van der Waals surface area contributed by atoms with Crippen LogP contribution >= 0.6 is 11.3 Å². The molecule has 0 aliphatic carbocycles. The Bertz CT molecular complexity index is 140. The SMILES string of the molecule is COCc1nn[c]s1. The average Bonchev–Trinajstić information content (AvgIpc) is 2.19. The first-order chi connectivity index (χ1) is 3.93. The summed E-state index contributed by atoms with van der Waals surface area (Å²) >= 11 is 1.38. The van der Waals surface area contributed by atoms with Gasteiger partial charge in [0.1, 0.15) is 5.01 Å². The van der Waals surface area contributed by atoms with Crippen LogP contribution in [0.5, 0.6) is 0 Å². The second-order valence-corrected chi connectivity index (χ2v) is 2.08. The zero-order valence-electron chi connectivity index (χ0n) is 4.42. The fourth-order valence-electron chi connectivity index (χ4n) is 0.351. The summed E-state index contributed by atoms with van der Waals surface area (Å²) in [7, 11) is 1.63. The number of rotatable bonds is 2. The van der Waals surface area contributed by atoms with Gasteiger partial charge in [-0.05, 0) is 0 Å². The van der Waals surface area contributed by atoms with Crippen LogP contribution < -0.4 is 0 Å². The highest BCUT2D eigenvalue weighted by Gasteiger charge is 1.91. The van der Waals surface area contributed by atoms with E-state index in [1.807, 2.05) is 0 Å². The van der Waals surface area contributed by atoms with Crippen LogP contribution in [0.25, 0.3) is 0 Å². The second-order valence-electron chi connectivity index (χ2n) is 1.22. The lowest BCUT2D eigenvalue weighted by Gasteiger charge is -1.86. The fourth-order valence-corrected chi connectivity index (χ4v) is 0.797. The molecule has 0 fully saturated rings. The van der Waals surface area contributed by atoms with E-state index >= 15 is 0 Å². The molecule has 1 aromatic heterocycles. The van der Waals surface area contributed by atoms with E-state index in [-0.39, 0.29) is 0 Å². The molecule has 0 aliphatic rings. The monoisotopic (exact) mass is 129 g/mol. The molecular formula is C4H5N2OS. The number of ether oxygens (including phenoxy) is 1. The Morgan fingerprint density at radius 1 is 1.88 bits per heavy atom. The summed E-state index contributed by atoms with van der Waals surface area (Å²) in [6.45, 7) is 0.543. The Labute approximate surface area is 51.3 Å². The highest BCUT2D eigenvalue weighted by molar-refractivity contribution is 7.08. The Hall–Kier alpha value is -0.480. The molecule has 1 heterocycles. The molecule has 0 saturated heterocycles. The largest absolute Gasteiger partial charge is 0.377 e. The van der Waals surface area contributed by atoms with Crippen molar-refractivity contribution in [2.24, 2.45) is 0 Å². The zero-order chi connectivity index (χ0) is 5.82.